The molecule has 164 valence electrons. The third-order valence-corrected chi connectivity index (χ3v) is 7.08. The maximum atomic E-state index is 14.3. The SMILES string of the molecule is O=C(c1ccc(F)c(F)c1F)N1CC2(O)C1c1ccccc1[C@@H](CO)N1CCCC[C@H]12. The van der Waals surface area contributed by atoms with Crippen molar-refractivity contribution in [1.82, 2.24) is 9.80 Å². The summed E-state index contributed by atoms with van der Waals surface area (Å²) in [5.41, 5.74) is -0.366. The van der Waals surface area contributed by atoms with Crippen molar-refractivity contribution >= 4 is 5.91 Å². The molecule has 2 N–H and O–H groups in total. The van der Waals surface area contributed by atoms with Gasteiger partial charge in [-0.3, -0.25) is 9.69 Å². The molecule has 2 unspecified atom stereocenters. The fraction of sp³-hybridized carbons (Fsp3) is 0.435. The van der Waals surface area contributed by atoms with Crippen molar-refractivity contribution in [1.29, 1.82) is 0 Å². The number of aliphatic hydroxyl groups is 2. The molecular formula is C23H23F3N2O3. The first-order valence-corrected chi connectivity index (χ1v) is 10.5. The topological polar surface area (TPSA) is 64.0 Å². The van der Waals surface area contributed by atoms with Gasteiger partial charge in [0.15, 0.2) is 17.5 Å². The van der Waals surface area contributed by atoms with Crippen molar-refractivity contribution in [2.24, 2.45) is 0 Å². The van der Waals surface area contributed by atoms with Crippen LogP contribution in [0.15, 0.2) is 36.4 Å². The molecule has 5 nitrogen and oxygen atoms in total. The number of β-amino-alcohol motifs (C(OH)–C–C–N with tert-alkyl or cyclic N) is 1. The van der Waals surface area contributed by atoms with Gasteiger partial charge in [-0.25, -0.2) is 13.2 Å². The summed E-state index contributed by atoms with van der Waals surface area (Å²) in [5.74, 6) is -5.39. The molecule has 0 radical (unpaired) electrons. The van der Waals surface area contributed by atoms with Gasteiger partial charge in [-0.15, -0.1) is 0 Å². The van der Waals surface area contributed by atoms with E-state index >= 15 is 0 Å². The van der Waals surface area contributed by atoms with E-state index in [-0.39, 0.29) is 25.2 Å². The molecule has 2 aromatic carbocycles. The predicted molar refractivity (Wildman–Crippen MR) is 106 cm³/mol. The van der Waals surface area contributed by atoms with Crippen molar-refractivity contribution in [3.63, 3.8) is 0 Å². The molecule has 4 atom stereocenters. The highest BCUT2D eigenvalue weighted by Crippen LogP contribution is 2.53. The second-order valence-corrected chi connectivity index (χ2v) is 8.63. The summed E-state index contributed by atoms with van der Waals surface area (Å²) in [4.78, 5) is 16.6. The number of carbonyl (C=O) groups is 1. The Morgan fingerprint density at radius 1 is 1.06 bits per heavy atom. The summed E-state index contributed by atoms with van der Waals surface area (Å²) in [7, 11) is 0. The van der Waals surface area contributed by atoms with E-state index in [4.69, 9.17) is 0 Å². The largest absolute Gasteiger partial charge is 0.394 e. The van der Waals surface area contributed by atoms with E-state index in [9.17, 15) is 28.2 Å². The number of likely N-dealkylation sites (tertiary alicyclic amines) is 1. The van der Waals surface area contributed by atoms with Crippen LogP contribution in [0.2, 0.25) is 0 Å². The number of hydrogen-bond acceptors (Lipinski definition) is 4. The van der Waals surface area contributed by atoms with Crippen LogP contribution in [-0.4, -0.2) is 57.3 Å². The first-order chi connectivity index (χ1) is 14.9. The Labute approximate surface area is 177 Å². The van der Waals surface area contributed by atoms with Crippen LogP contribution in [0.1, 0.15) is 52.8 Å². The number of hydrogen-bond donors (Lipinski definition) is 2. The molecule has 31 heavy (non-hydrogen) atoms. The smallest absolute Gasteiger partial charge is 0.257 e. The monoisotopic (exact) mass is 432 g/mol. The molecule has 3 heterocycles. The van der Waals surface area contributed by atoms with Gasteiger partial charge >= 0.3 is 0 Å². The van der Waals surface area contributed by atoms with E-state index in [1.807, 2.05) is 12.1 Å². The Hall–Kier alpha value is -2.42. The molecular weight excluding hydrogens is 409 g/mol. The molecule has 3 aliphatic heterocycles. The van der Waals surface area contributed by atoms with Crippen LogP contribution in [0.25, 0.3) is 0 Å². The number of amides is 1. The predicted octanol–water partition coefficient (Wildman–Crippen LogP) is 2.93. The van der Waals surface area contributed by atoms with E-state index in [0.29, 0.717) is 18.5 Å². The molecule has 2 fully saturated rings. The third-order valence-electron chi connectivity index (χ3n) is 7.08. The summed E-state index contributed by atoms with van der Waals surface area (Å²) in [6, 6.07) is 7.57. The standard InChI is InChI=1S/C23H23F3N2O3/c24-16-9-8-15(19(25)20(16)26)22(30)28-12-23(31)18-7-3-4-10-27(18)17(11-29)13-5-1-2-6-14(13)21(23)28/h1-2,5-6,8-9,17-18,21,29,31H,3-4,7,10-12H2/t17-,18+,21?,23?/m1/s1. The van der Waals surface area contributed by atoms with Gasteiger partial charge in [0, 0.05) is 6.04 Å². The maximum Gasteiger partial charge on any atom is 0.257 e. The minimum Gasteiger partial charge on any atom is -0.394 e. The molecule has 8 heteroatoms. The van der Waals surface area contributed by atoms with Gasteiger partial charge in [-0.05, 0) is 42.6 Å². The fourth-order valence-electron chi connectivity index (χ4n) is 5.68. The lowest BCUT2D eigenvalue weighted by Crippen LogP contribution is -2.73. The van der Waals surface area contributed by atoms with Crippen LogP contribution >= 0.6 is 0 Å². The Morgan fingerprint density at radius 2 is 1.81 bits per heavy atom. The Kier molecular flexibility index (Phi) is 4.84. The molecule has 5 rings (SSSR count). The van der Waals surface area contributed by atoms with Crippen molar-refractivity contribution in [3.8, 4) is 0 Å². The third kappa shape index (κ3) is 2.85. The number of halogens is 3. The highest BCUT2D eigenvalue weighted by atomic mass is 19.2. The average molecular weight is 432 g/mol. The van der Waals surface area contributed by atoms with E-state index < -0.39 is 40.6 Å². The van der Waals surface area contributed by atoms with Crippen LogP contribution in [0.3, 0.4) is 0 Å². The second kappa shape index (κ2) is 7.32. The molecule has 2 saturated heterocycles. The zero-order chi connectivity index (χ0) is 21.9. The number of nitrogens with zero attached hydrogens (tertiary/aromatic N) is 2. The lowest BCUT2D eigenvalue weighted by atomic mass is 9.71. The molecule has 2 aromatic rings. The zero-order valence-corrected chi connectivity index (χ0v) is 16.8. The molecule has 0 saturated carbocycles. The number of carbonyl (C=O) groups excluding carboxylic acids is 1. The van der Waals surface area contributed by atoms with Crippen molar-refractivity contribution in [2.45, 2.75) is 43.0 Å². The van der Waals surface area contributed by atoms with E-state index in [0.717, 1.165) is 30.5 Å². The van der Waals surface area contributed by atoms with Crippen LogP contribution in [0, 0.1) is 17.5 Å². The molecule has 3 aliphatic rings. The minimum absolute atomic E-state index is 0.0530. The number of aliphatic hydroxyl groups excluding tert-OH is 1. The zero-order valence-electron chi connectivity index (χ0n) is 16.8. The Morgan fingerprint density at radius 3 is 2.55 bits per heavy atom. The normalized spacial score (nSPS) is 30.0. The average Bonchev–Trinajstić information content (AvgIpc) is 2.83. The van der Waals surface area contributed by atoms with Gasteiger partial charge in [-0.2, -0.15) is 0 Å². The van der Waals surface area contributed by atoms with Crippen molar-refractivity contribution in [2.75, 3.05) is 19.7 Å². The van der Waals surface area contributed by atoms with Gasteiger partial charge in [0.2, 0.25) is 0 Å². The maximum absolute atomic E-state index is 14.3. The van der Waals surface area contributed by atoms with Crippen molar-refractivity contribution in [3.05, 3.63) is 70.5 Å². The van der Waals surface area contributed by atoms with Crippen LogP contribution in [-0.2, 0) is 0 Å². The first-order valence-electron chi connectivity index (χ1n) is 10.5. The van der Waals surface area contributed by atoms with Crippen LogP contribution < -0.4 is 0 Å². The number of rotatable bonds is 2. The summed E-state index contributed by atoms with van der Waals surface area (Å²) in [5, 5.41) is 21.9. The van der Waals surface area contributed by atoms with E-state index in [1.54, 1.807) is 12.1 Å². The first kappa shape index (κ1) is 20.5. The molecule has 0 aromatic heterocycles. The minimum atomic E-state index is -1.69. The Balaban J connectivity index is 1.61. The van der Waals surface area contributed by atoms with Gasteiger partial charge in [0.25, 0.3) is 5.91 Å². The van der Waals surface area contributed by atoms with Gasteiger partial charge < -0.3 is 15.1 Å². The summed E-state index contributed by atoms with van der Waals surface area (Å²) < 4.78 is 41.5. The summed E-state index contributed by atoms with van der Waals surface area (Å²) >= 11 is 0. The lowest BCUT2D eigenvalue weighted by molar-refractivity contribution is -0.185. The van der Waals surface area contributed by atoms with Crippen LogP contribution in [0.5, 0.6) is 0 Å². The number of fused-ring (bicyclic) bond motifs is 5. The van der Waals surface area contributed by atoms with Gasteiger partial charge in [0.05, 0.1) is 30.8 Å². The number of benzene rings is 2. The van der Waals surface area contributed by atoms with Gasteiger partial charge in [-0.1, -0.05) is 30.7 Å². The fourth-order valence-corrected chi connectivity index (χ4v) is 5.68. The second-order valence-electron chi connectivity index (χ2n) is 8.63. The quantitative estimate of drug-likeness (QED) is 0.717. The summed E-state index contributed by atoms with van der Waals surface area (Å²) in [6.07, 6.45) is 2.56. The summed E-state index contributed by atoms with van der Waals surface area (Å²) in [6.45, 7) is 0.523. The molecule has 0 bridgehead atoms. The van der Waals surface area contributed by atoms with E-state index in [2.05, 4.69) is 4.90 Å². The van der Waals surface area contributed by atoms with Gasteiger partial charge in [0.1, 0.15) is 5.60 Å². The Bertz CT molecular complexity index is 1050. The van der Waals surface area contributed by atoms with Crippen molar-refractivity contribution < 1.29 is 28.2 Å². The molecule has 1 amide bonds. The molecule has 0 aliphatic carbocycles. The highest BCUT2D eigenvalue weighted by molar-refractivity contribution is 5.95. The number of piperidine rings is 1. The van der Waals surface area contributed by atoms with Crippen LogP contribution in [0.4, 0.5) is 13.2 Å². The van der Waals surface area contributed by atoms with E-state index in [1.165, 1.54) is 4.90 Å². The lowest BCUT2D eigenvalue weighted by Gasteiger charge is -2.59. The molecule has 0 spiro atoms. The highest BCUT2D eigenvalue weighted by Gasteiger charge is 2.62.